The Morgan fingerprint density at radius 1 is 1.12 bits per heavy atom. The van der Waals surface area contributed by atoms with Gasteiger partial charge in [-0.15, -0.1) is 0 Å². The van der Waals surface area contributed by atoms with Crippen molar-refractivity contribution in [2.45, 2.75) is 6.42 Å². The molecule has 0 saturated heterocycles. The molecule has 0 radical (unpaired) electrons. The van der Waals surface area contributed by atoms with Crippen molar-refractivity contribution in [2.75, 3.05) is 34.9 Å². The van der Waals surface area contributed by atoms with Gasteiger partial charge in [0.25, 0.3) is 5.91 Å². The third-order valence-electron chi connectivity index (χ3n) is 5.40. The van der Waals surface area contributed by atoms with Crippen LogP contribution in [0.4, 0.5) is 0 Å². The van der Waals surface area contributed by atoms with Gasteiger partial charge >= 0.3 is 0 Å². The number of aliphatic imine (C=N–C) groups is 1. The number of fused-ring (bicyclic) bond motifs is 1. The third kappa shape index (κ3) is 4.59. The summed E-state index contributed by atoms with van der Waals surface area (Å²) in [7, 11) is 7.00. The number of rotatable bonds is 6. The lowest BCUT2D eigenvalue weighted by molar-refractivity contribution is 0.0978. The number of pyridine rings is 1. The summed E-state index contributed by atoms with van der Waals surface area (Å²) in [4.78, 5) is 24.2. The molecule has 0 atom stereocenters. The average molecular weight is 499 g/mol. The topological polar surface area (TPSA) is 76.1 Å². The van der Waals surface area contributed by atoms with Gasteiger partial charge in [0.1, 0.15) is 17.3 Å². The minimum Gasteiger partial charge on any atom is -0.495 e. The summed E-state index contributed by atoms with van der Waals surface area (Å²) in [5.74, 6) is 1.18. The van der Waals surface area contributed by atoms with Crippen LogP contribution in [0.3, 0.4) is 0 Å². The van der Waals surface area contributed by atoms with E-state index in [4.69, 9.17) is 32.7 Å². The van der Waals surface area contributed by atoms with Crippen molar-refractivity contribution in [2.24, 2.45) is 4.99 Å². The number of halogens is 2. The zero-order valence-electron chi connectivity index (χ0n) is 19.3. The van der Waals surface area contributed by atoms with Crippen LogP contribution in [0.2, 0.25) is 10.0 Å². The maximum atomic E-state index is 13.2. The Labute approximate surface area is 208 Å². The highest BCUT2D eigenvalue weighted by Crippen LogP contribution is 2.47. The molecule has 0 saturated carbocycles. The molecule has 2 heterocycles. The van der Waals surface area contributed by atoms with Crippen molar-refractivity contribution < 1.29 is 14.3 Å². The molecule has 7 nitrogen and oxygen atoms in total. The van der Waals surface area contributed by atoms with E-state index in [0.29, 0.717) is 67.9 Å². The number of amidine groups is 1. The molecule has 176 valence electrons. The first-order chi connectivity index (χ1) is 16.3. The average Bonchev–Trinajstić information content (AvgIpc) is 3.25. The largest absolute Gasteiger partial charge is 0.495 e. The van der Waals surface area contributed by atoms with Crippen molar-refractivity contribution in [3.63, 3.8) is 0 Å². The molecule has 3 aromatic rings. The molecule has 34 heavy (non-hydrogen) atoms. The van der Waals surface area contributed by atoms with Crippen molar-refractivity contribution in [1.29, 1.82) is 0 Å². The number of benzene rings is 2. The van der Waals surface area contributed by atoms with Gasteiger partial charge in [0, 0.05) is 36.2 Å². The number of hydrogen-bond donors (Lipinski definition) is 1. The van der Waals surface area contributed by atoms with E-state index in [2.05, 4.69) is 15.3 Å². The van der Waals surface area contributed by atoms with Gasteiger partial charge in [-0.1, -0.05) is 41.4 Å². The van der Waals surface area contributed by atoms with E-state index < -0.39 is 0 Å². The second-order valence-corrected chi connectivity index (χ2v) is 8.75. The maximum absolute atomic E-state index is 13.2. The molecular formula is C25H24Cl2N4O3. The Balaban J connectivity index is 1.76. The van der Waals surface area contributed by atoms with Crippen LogP contribution in [0, 0.1) is 0 Å². The molecule has 4 rings (SSSR count). The van der Waals surface area contributed by atoms with E-state index in [1.165, 1.54) is 14.2 Å². The summed E-state index contributed by atoms with van der Waals surface area (Å²) in [5.41, 5.74) is 3.12. The SMILES string of the molecule is COc1cc(OC)c(Cl)c(-c2ccc(C(=O)NC3=NC(CN(C)C)=CC3)c3ncccc23)c1Cl. The molecule has 1 amide bonds. The molecule has 2 aromatic carbocycles. The fourth-order valence-corrected chi connectivity index (χ4v) is 4.58. The summed E-state index contributed by atoms with van der Waals surface area (Å²) in [6, 6.07) is 8.82. The molecule has 0 fully saturated rings. The lowest BCUT2D eigenvalue weighted by Crippen LogP contribution is -2.29. The van der Waals surface area contributed by atoms with E-state index in [1.807, 2.05) is 31.1 Å². The number of ether oxygens (including phenoxy) is 2. The quantitative estimate of drug-likeness (QED) is 0.505. The molecule has 0 bridgehead atoms. The Morgan fingerprint density at radius 2 is 1.82 bits per heavy atom. The summed E-state index contributed by atoms with van der Waals surface area (Å²) < 4.78 is 10.8. The minimum atomic E-state index is -0.283. The normalized spacial score (nSPS) is 13.1. The van der Waals surface area contributed by atoms with Gasteiger partial charge < -0.3 is 19.7 Å². The van der Waals surface area contributed by atoms with E-state index in [1.54, 1.807) is 30.5 Å². The summed E-state index contributed by atoms with van der Waals surface area (Å²) in [6.45, 7) is 0.712. The van der Waals surface area contributed by atoms with Crippen LogP contribution in [-0.4, -0.2) is 56.5 Å². The van der Waals surface area contributed by atoms with Gasteiger partial charge in [-0.3, -0.25) is 9.78 Å². The smallest absolute Gasteiger partial charge is 0.258 e. The standard InChI is InChI=1S/C25H24Cl2N4O3/c1-31(2)13-14-7-10-20(29-14)30-25(32)17-9-8-15(16-6-5-11-28-24(16)17)21-22(26)18(33-3)12-19(34-4)23(21)27/h5-9,11-12H,10,13H2,1-4H3,(H,29,30,32). The van der Waals surface area contributed by atoms with E-state index in [0.717, 1.165) is 5.70 Å². The number of nitrogens with one attached hydrogen (secondary N) is 1. The summed E-state index contributed by atoms with van der Waals surface area (Å²) in [6.07, 6.45) is 4.23. The van der Waals surface area contributed by atoms with Crippen LogP contribution in [0.25, 0.3) is 22.0 Å². The van der Waals surface area contributed by atoms with Crippen molar-refractivity contribution >= 4 is 45.8 Å². The zero-order valence-corrected chi connectivity index (χ0v) is 20.8. The Morgan fingerprint density at radius 3 is 2.47 bits per heavy atom. The van der Waals surface area contributed by atoms with Gasteiger partial charge in [0.15, 0.2) is 0 Å². The van der Waals surface area contributed by atoms with Crippen LogP contribution in [0.15, 0.2) is 53.3 Å². The van der Waals surface area contributed by atoms with E-state index >= 15 is 0 Å². The van der Waals surface area contributed by atoms with Crippen LogP contribution < -0.4 is 14.8 Å². The molecule has 9 heteroatoms. The maximum Gasteiger partial charge on any atom is 0.258 e. The lowest BCUT2D eigenvalue weighted by atomic mass is 9.97. The fourth-order valence-electron chi connectivity index (χ4n) is 3.88. The highest BCUT2D eigenvalue weighted by molar-refractivity contribution is 6.41. The predicted octanol–water partition coefficient (Wildman–Crippen LogP) is 5.20. The first-order valence-corrected chi connectivity index (χ1v) is 11.3. The second-order valence-electron chi connectivity index (χ2n) is 7.99. The molecule has 0 unspecified atom stereocenters. The van der Waals surface area contributed by atoms with E-state index in [-0.39, 0.29) is 5.91 Å². The molecular weight excluding hydrogens is 475 g/mol. The van der Waals surface area contributed by atoms with Gasteiger partial charge in [0.2, 0.25) is 0 Å². The highest BCUT2D eigenvalue weighted by Gasteiger charge is 2.23. The fraction of sp³-hybridized carbons (Fsp3) is 0.240. The number of likely N-dealkylation sites (N-methyl/N-ethyl adjacent to an activating group) is 1. The van der Waals surface area contributed by atoms with Crippen LogP contribution in [-0.2, 0) is 0 Å². The summed E-state index contributed by atoms with van der Waals surface area (Å²) in [5, 5.41) is 4.32. The molecule has 1 N–H and O–H groups in total. The second kappa shape index (κ2) is 10.0. The zero-order chi connectivity index (χ0) is 24.4. The molecule has 1 aliphatic heterocycles. The van der Waals surface area contributed by atoms with Crippen LogP contribution in [0.5, 0.6) is 11.5 Å². The molecule has 1 aliphatic rings. The van der Waals surface area contributed by atoms with Gasteiger partial charge in [-0.25, -0.2) is 4.99 Å². The monoisotopic (exact) mass is 498 g/mol. The minimum absolute atomic E-state index is 0.283. The number of carbonyl (C=O) groups is 1. The van der Waals surface area contributed by atoms with Crippen LogP contribution >= 0.6 is 23.2 Å². The molecule has 0 aliphatic carbocycles. The van der Waals surface area contributed by atoms with Gasteiger partial charge in [-0.05, 0) is 31.8 Å². The lowest BCUT2D eigenvalue weighted by Gasteiger charge is -2.17. The Kier molecular flexibility index (Phi) is 7.07. The number of hydrogen-bond acceptors (Lipinski definition) is 6. The molecule has 1 aromatic heterocycles. The summed E-state index contributed by atoms with van der Waals surface area (Å²) >= 11 is 13.3. The highest BCUT2D eigenvalue weighted by atomic mass is 35.5. The van der Waals surface area contributed by atoms with Gasteiger partial charge in [-0.2, -0.15) is 0 Å². The van der Waals surface area contributed by atoms with Crippen molar-refractivity contribution in [1.82, 2.24) is 15.2 Å². The number of nitrogens with zero attached hydrogens (tertiary/aromatic N) is 3. The number of methoxy groups -OCH3 is 2. The number of aromatic nitrogens is 1. The van der Waals surface area contributed by atoms with Crippen molar-refractivity contribution in [3.8, 4) is 22.6 Å². The predicted molar refractivity (Wildman–Crippen MR) is 136 cm³/mol. The number of amides is 1. The Bertz CT molecular complexity index is 1310. The first-order valence-electron chi connectivity index (χ1n) is 10.5. The Hall–Kier alpha value is -3.13. The number of carbonyl (C=O) groups excluding carboxylic acids is 1. The van der Waals surface area contributed by atoms with Crippen LogP contribution in [0.1, 0.15) is 16.8 Å². The molecule has 0 spiro atoms. The van der Waals surface area contributed by atoms with E-state index in [9.17, 15) is 4.79 Å². The van der Waals surface area contributed by atoms with Gasteiger partial charge in [0.05, 0.1) is 41.0 Å². The third-order valence-corrected chi connectivity index (χ3v) is 6.15. The van der Waals surface area contributed by atoms with Crippen molar-refractivity contribution in [3.05, 3.63) is 63.9 Å². The first kappa shape index (κ1) is 24.0.